The molecule has 4 rings (SSSR count). The van der Waals surface area contributed by atoms with Crippen LogP contribution in [0.25, 0.3) is 10.1 Å². The standard InChI is InChI=1S/C24H28O2S/c1-23(2,3)17-8-9-18-19(13-17)26-20(14-25-18)15-7-10-21-16(11-15)12-22(27-21)24(4,5)6/h7-13,20H,14H2,1-6H3. The van der Waals surface area contributed by atoms with Crippen LogP contribution in [0.2, 0.25) is 0 Å². The topological polar surface area (TPSA) is 18.5 Å². The molecule has 27 heavy (non-hydrogen) atoms. The van der Waals surface area contributed by atoms with Crippen molar-refractivity contribution in [2.24, 2.45) is 0 Å². The van der Waals surface area contributed by atoms with E-state index >= 15 is 0 Å². The van der Waals surface area contributed by atoms with Crippen LogP contribution in [0.4, 0.5) is 0 Å². The molecule has 142 valence electrons. The largest absolute Gasteiger partial charge is 0.485 e. The van der Waals surface area contributed by atoms with Crippen molar-refractivity contribution in [3.8, 4) is 11.5 Å². The summed E-state index contributed by atoms with van der Waals surface area (Å²) < 4.78 is 13.7. The van der Waals surface area contributed by atoms with E-state index in [4.69, 9.17) is 9.47 Å². The number of ether oxygens (including phenoxy) is 2. The van der Waals surface area contributed by atoms with Gasteiger partial charge in [-0.05, 0) is 57.7 Å². The predicted molar refractivity (Wildman–Crippen MR) is 115 cm³/mol. The second-order valence-electron chi connectivity index (χ2n) is 9.49. The zero-order valence-electron chi connectivity index (χ0n) is 17.1. The van der Waals surface area contributed by atoms with Crippen molar-refractivity contribution < 1.29 is 9.47 Å². The van der Waals surface area contributed by atoms with Gasteiger partial charge < -0.3 is 9.47 Å². The van der Waals surface area contributed by atoms with Crippen LogP contribution in [0.5, 0.6) is 11.5 Å². The van der Waals surface area contributed by atoms with Gasteiger partial charge in [-0.2, -0.15) is 0 Å². The Kier molecular flexibility index (Phi) is 4.27. The van der Waals surface area contributed by atoms with Crippen LogP contribution in [-0.4, -0.2) is 6.61 Å². The summed E-state index contributed by atoms with van der Waals surface area (Å²) in [5.41, 5.74) is 2.70. The molecule has 0 aliphatic carbocycles. The van der Waals surface area contributed by atoms with Gasteiger partial charge in [-0.3, -0.25) is 0 Å². The minimum Gasteiger partial charge on any atom is -0.485 e. The zero-order chi connectivity index (χ0) is 19.4. The summed E-state index contributed by atoms with van der Waals surface area (Å²) in [5, 5.41) is 1.29. The lowest BCUT2D eigenvalue weighted by Gasteiger charge is -2.29. The molecule has 1 atom stereocenters. The summed E-state index contributed by atoms with van der Waals surface area (Å²) in [5.74, 6) is 1.69. The van der Waals surface area contributed by atoms with E-state index < -0.39 is 0 Å². The van der Waals surface area contributed by atoms with Crippen molar-refractivity contribution in [3.05, 3.63) is 58.5 Å². The Bertz CT molecular complexity index is 986. The molecule has 3 heteroatoms. The minimum atomic E-state index is -0.0740. The molecule has 1 aliphatic heterocycles. The van der Waals surface area contributed by atoms with E-state index in [-0.39, 0.29) is 16.9 Å². The van der Waals surface area contributed by atoms with Crippen LogP contribution < -0.4 is 9.47 Å². The van der Waals surface area contributed by atoms with Gasteiger partial charge in [0.25, 0.3) is 0 Å². The molecule has 2 heterocycles. The van der Waals surface area contributed by atoms with Crippen LogP contribution in [0.1, 0.15) is 63.7 Å². The molecule has 2 aromatic carbocycles. The molecule has 3 aromatic rings. The zero-order valence-corrected chi connectivity index (χ0v) is 17.9. The summed E-state index contributed by atoms with van der Waals surface area (Å²) in [6, 6.07) is 15.3. The van der Waals surface area contributed by atoms with Crippen LogP contribution >= 0.6 is 11.3 Å². The number of thiophene rings is 1. The van der Waals surface area contributed by atoms with Crippen LogP contribution in [0.15, 0.2) is 42.5 Å². The van der Waals surface area contributed by atoms with Gasteiger partial charge in [-0.25, -0.2) is 0 Å². The lowest BCUT2D eigenvalue weighted by Crippen LogP contribution is -2.22. The Balaban J connectivity index is 1.65. The van der Waals surface area contributed by atoms with Gasteiger partial charge in [0.2, 0.25) is 0 Å². The van der Waals surface area contributed by atoms with Crippen molar-refractivity contribution in [2.45, 2.75) is 58.5 Å². The lowest BCUT2D eigenvalue weighted by molar-refractivity contribution is 0.0911. The number of benzene rings is 2. The first-order valence-electron chi connectivity index (χ1n) is 9.59. The highest BCUT2D eigenvalue weighted by Gasteiger charge is 2.25. The monoisotopic (exact) mass is 380 g/mol. The summed E-state index contributed by atoms with van der Waals surface area (Å²) >= 11 is 1.88. The highest BCUT2D eigenvalue weighted by atomic mass is 32.1. The lowest BCUT2D eigenvalue weighted by atomic mass is 9.87. The molecule has 0 N–H and O–H groups in total. The molecule has 1 aromatic heterocycles. The molecule has 0 spiro atoms. The molecular weight excluding hydrogens is 352 g/mol. The fourth-order valence-electron chi connectivity index (χ4n) is 3.33. The molecule has 0 fully saturated rings. The Morgan fingerprint density at radius 1 is 0.852 bits per heavy atom. The van der Waals surface area contributed by atoms with E-state index in [0.29, 0.717) is 6.61 Å². The van der Waals surface area contributed by atoms with Crippen molar-refractivity contribution in [1.82, 2.24) is 0 Å². The van der Waals surface area contributed by atoms with Gasteiger partial charge in [0, 0.05) is 9.58 Å². The van der Waals surface area contributed by atoms with Crippen molar-refractivity contribution in [1.29, 1.82) is 0 Å². The van der Waals surface area contributed by atoms with E-state index in [0.717, 1.165) is 11.5 Å². The summed E-state index contributed by atoms with van der Waals surface area (Å²) in [6.45, 7) is 14.0. The van der Waals surface area contributed by atoms with Crippen molar-refractivity contribution >= 4 is 21.4 Å². The van der Waals surface area contributed by atoms with Crippen molar-refractivity contribution in [3.63, 3.8) is 0 Å². The second kappa shape index (κ2) is 6.27. The maximum Gasteiger partial charge on any atom is 0.162 e. The van der Waals surface area contributed by atoms with E-state index in [1.807, 2.05) is 17.4 Å². The first-order valence-corrected chi connectivity index (χ1v) is 10.4. The Morgan fingerprint density at radius 3 is 2.33 bits per heavy atom. The van der Waals surface area contributed by atoms with Gasteiger partial charge in [0.15, 0.2) is 17.6 Å². The Morgan fingerprint density at radius 2 is 1.63 bits per heavy atom. The fraction of sp³-hybridized carbons (Fsp3) is 0.417. The van der Waals surface area contributed by atoms with Gasteiger partial charge in [0.05, 0.1) is 0 Å². The van der Waals surface area contributed by atoms with Crippen LogP contribution in [0, 0.1) is 0 Å². The van der Waals surface area contributed by atoms with Gasteiger partial charge in [0.1, 0.15) is 6.61 Å². The normalized spacial score (nSPS) is 17.3. The highest BCUT2D eigenvalue weighted by molar-refractivity contribution is 7.19. The molecule has 0 saturated carbocycles. The molecule has 0 amide bonds. The highest BCUT2D eigenvalue weighted by Crippen LogP contribution is 2.41. The number of hydrogen-bond donors (Lipinski definition) is 0. The average molecular weight is 381 g/mol. The third kappa shape index (κ3) is 3.58. The number of hydrogen-bond acceptors (Lipinski definition) is 3. The van der Waals surface area contributed by atoms with E-state index in [2.05, 4.69) is 77.9 Å². The Hall–Kier alpha value is -2.00. The minimum absolute atomic E-state index is 0.0740. The van der Waals surface area contributed by atoms with Crippen LogP contribution in [0.3, 0.4) is 0 Å². The molecule has 0 radical (unpaired) electrons. The van der Waals surface area contributed by atoms with Gasteiger partial charge >= 0.3 is 0 Å². The fourth-order valence-corrected chi connectivity index (χ4v) is 4.44. The number of rotatable bonds is 1. The van der Waals surface area contributed by atoms with Crippen LogP contribution in [-0.2, 0) is 10.8 Å². The molecule has 0 bridgehead atoms. The van der Waals surface area contributed by atoms with Gasteiger partial charge in [-0.15, -0.1) is 11.3 Å². The Labute approximate surface area is 166 Å². The predicted octanol–water partition coefficient (Wildman–Crippen LogP) is 7.01. The molecular formula is C24H28O2S. The second-order valence-corrected chi connectivity index (χ2v) is 10.6. The third-order valence-corrected chi connectivity index (χ3v) is 6.66. The van der Waals surface area contributed by atoms with E-state index in [1.165, 1.54) is 26.1 Å². The third-order valence-electron chi connectivity index (χ3n) is 5.12. The molecule has 1 aliphatic rings. The maximum absolute atomic E-state index is 6.36. The first kappa shape index (κ1) is 18.4. The summed E-state index contributed by atoms with van der Waals surface area (Å²) in [7, 11) is 0. The van der Waals surface area contributed by atoms with Crippen molar-refractivity contribution in [2.75, 3.05) is 6.61 Å². The number of fused-ring (bicyclic) bond motifs is 2. The molecule has 0 saturated heterocycles. The van der Waals surface area contributed by atoms with E-state index in [1.54, 1.807) is 0 Å². The summed E-state index contributed by atoms with van der Waals surface area (Å²) in [4.78, 5) is 1.41. The SMILES string of the molecule is CC(C)(C)c1ccc2c(c1)OC(c1ccc3sc(C(C)(C)C)cc3c1)CO2. The van der Waals surface area contributed by atoms with Gasteiger partial charge in [-0.1, -0.05) is 53.7 Å². The van der Waals surface area contributed by atoms with E-state index in [9.17, 15) is 0 Å². The first-order chi connectivity index (χ1) is 12.6. The molecule has 1 unspecified atom stereocenters. The summed E-state index contributed by atoms with van der Waals surface area (Å²) in [6.07, 6.45) is -0.0740. The quantitative estimate of drug-likeness (QED) is 0.452. The smallest absolute Gasteiger partial charge is 0.162 e. The average Bonchev–Trinajstić information content (AvgIpc) is 3.03. The molecule has 2 nitrogen and oxygen atoms in total. The maximum atomic E-state index is 6.36.